The number of ether oxygens (including phenoxy) is 3. The van der Waals surface area contributed by atoms with Crippen LogP contribution in [-0.4, -0.2) is 52.6 Å². The lowest BCUT2D eigenvalue weighted by Crippen LogP contribution is -2.40. The summed E-state index contributed by atoms with van der Waals surface area (Å²) in [5.41, 5.74) is 0.734. The highest BCUT2D eigenvalue weighted by atomic mass is 32.2. The van der Waals surface area contributed by atoms with E-state index in [1.807, 2.05) is 6.92 Å². The summed E-state index contributed by atoms with van der Waals surface area (Å²) < 4.78 is 42.0. The zero-order chi connectivity index (χ0) is 25.1. The number of sulfonamides is 1. The third kappa shape index (κ3) is 8.16. The van der Waals surface area contributed by atoms with E-state index in [1.165, 1.54) is 62.6 Å². The molecule has 0 fully saturated rings. The Morgan fingerprint density at radius 2 is 1.62 bits per heavy atom. The highest BCUT2D eigenvalue weighted by Crippen LogP contribution is 2.16. The topological polar surface area (TPSA) is 137 Å². The summed E-state index contributed by atoms with van der Waals surface area (Å²) in [5, 5.41) is 2.52. The van der Waals surface area contributed by atoms with Gasteiger partial charge in [0.2, 0.25) is 10.0 Å². The maximum Gasteiger partial charge on any atom is 0.338 e. The van der Waals surface area contributed by atoms with Gasteiger partial charge in [0.05, 0.1) is 24.2 Å². The predicted molar refractivity (Wildman–Crippen MR) is 124 cm³/mol. The molecule has 2 aromatic carbocycles. The molecule has 1 amide bonds. The Morgan fingerprint density at radius 1 is 0.971 bits per heavy atom. The SMILES string of the molecule is CCCCOC(=O)c1ccc(NC(=O)COC(=O)C(C)NS(=O)(=O)c2ccc(OC)cc2)cc1. The molecule has 2 rings (SSSR count). The number of hydrogen-bond donors (Lipinski definition) is 2. The molecule has 0 radical (unpaired) electrons. The second-order valence-corrected chi connectivity index (χ2v) is 8.96. The Morgan fingerprint density at radius 3 is 2.21 bits per heavy atom. The van der Waals surface area contributed by atoms with Crippen molar-refractivity contribution in [2.45, 2.75) is 37.6 Å². The maximum atomic E-state index is 12.4. The minimum atomic E-state index is -3.98. The van der Waals surface area contributed by atoms with E-state index in [4.69, 9.17) is 14.2 Å². The van der Waals surface area contributed by atoms with Crippen LogP contribution < -0.4 is 14.8 Å². The molecule has 11 heteroatoms. The Hall–Kier alpha value is -3.44. The Bertz CT molecular complexity index is 1080. The summed E-state index contributed by atoms with van der Waals surface area (Å²) >= 11 is 0. The van der Waals surface area contributed by atoms with Crippen molar-refractivity contribution in [1.82, 2.24) is 4.72 Å². The van der Waals surface area contributed by atoms with Crippen LogP contribution in [0.4, 0.5) is 5.69 Å². The smallest absolute Gasteiger partial charge is 0.338 e. The van der Waals surface area contributed by atoms with Gasteiger partial charge in [0.1, 0.15) is 11.8 Å². The van der Waals surface area contributed by atoms with E-state index < -0.39 is 40.5 Å². The molecule has 184 valence electrons. The van der Waals surface area contributed by atoms with Gasteiger partial charge in [-0.25, -0.2) is 13.2 Å². The molecule has 0 aromatic heterocycles. The van der Waals surface area contributed by atoms with Gasteiger partial charge in [0.25, 0.3) is 5.91 Å². The van der Waals surface area contributed by atoms with Gasteiger partial charge >= 0.3 is 11.9 Å². The van der Waals surface area contributed by atoms with Crippen LogP contribution in [0.5, 0.6) is 5.75 Å². The first-order valence-electron chi connectivity index (χ1n) is 10.6. The molecular weight excluding hydrogens is 464 g/mol. The first-order valence-corrected chi connectivity index (χ1v) is 12.0. The molecule has 0 saturated carbocycles. The monoisotopic (exact) mass is 492 g/mol. The number of amides is 1. The Kier molecular flexibility index (Phi) is 10.0. The summed E-state index contributed by atoms with van der Waals surface area (Å²) in [6, 6.07) is 10.4. The third-order valence-corrected chi connectivity index (χ3v) is 6.09. The Labute approximate surface area is 198 Å². The quantitative estimate of drug-likeness (QED) is 0.341. The van der Waals surface area contributed by atoms with Crippen molar-refractivity contribution in [3.63, 3.8) is 0 Å². The fourth-order valence-electron chi connectivity index (χ4n) is 2.64. The summed E-state index contributed by atoms with van der Waals surface area (Å²) in [7, 11) is -2.53. The van der Waals surface area contributed by atoms with Crippen molar-refractivity contribution in [3.05, 3.63) is 54.1 Å². The summed E-state index contributed by atoms with van der Waals surface area (Å²) in [6.07, 6.45) is 1.69. The van der Waals surface area contributed by atoms with Crippen LogP contribution in [-0.2, 0) is 29.1 Å². The van der Waals surface area contributed by atoms with E-state index in [2.05, 4.69) is 10.0 Å². The maximum absolute atomic E-state index is 12.4. The second kappa shape index (κ2) is 12.7. The Balaban J connectivity index is 1.82. The van der Waals surface area contributed by atoms with E-state index in [9.17, 15) is 22.8 Å². The molecular formula is C23H28N2O8S. The van der Waals surface area contributed by atoms with Crippen molar-refractivity contribution >= 4 is 33.6 Å². The van der Waals surface area contributed by atoms with Crippen molar-refractivity contribution in [2.75, 3.05) is 25.6 Å². The van der Waals surface area contributed by atoms with E-state index in [0.29, 0.717) is 23.6 Å². The van der Waals surface area contributed by atoms with Crippen molar-refractivity contribution in [3.8, 4) is 5.75 Å². The standard InChI is InChI=1S/C23H28N2O8S/c1-4-5-14-32-23(28)17-6-8-18(9-7-17)24-21(26)15-33-22(27)16(2)25-34(29,30)20-12-10-19(31-3)11-13-20/h6-13,16,25H,4-5,14-15H2,1-3H3,(H,24,26). The van der Waals surface area contributed by atoms with Crippen LogP contribution in [0, 0.1) is 0 Å². The van der Waals surface area contributed by atoms with Crippen LogP contribution >= 0.6 is 0 Å². The molecule has 1 atom stereocenters. The minimum Gasteiger partial charge on any atom is -0.497 e. The molecule has 0 saturated heterocycles. The number of methoxy groups -OCH3 is 1. The highest BCUT2D eigenvalue weighted by Gasteiger charge is 2.24. The largest absolute Gasteiger partial charge is 0.497 e. The molecule has 0 bridgehead atoms. The lowest BCUT2D eigenvalue weighted by molar-refractivity contribution is -0.148. The molecule has 2 aromatic rings. The average molecular weight is 493 g/mol. The van der Waals surface area contributed by atoms with Gasteiger partial charge in [-0.1, -0.05) is 13.3 Å². The molecule has 34 heavy (non-hydrogen) atoms. The fraction of sp³-hybridized carbons (Fsp3) is 0.348. The molecule has 10 nitrogen and oxygen atoms in total. The van der Waals surface area contributed by atoms with Gasteiger partial charge in [-0.3, -0.25) is 9.59 Å². The number of hydrogen-bond acceptors (Lipinski definition) is 8. The van der Waals surface area contributed by atoms with Crippen LogP contribution in [0.15, 0.2) is 53.4 Å². The minimum absolute atomic E-state index is 0.0524. The number of carbonyl (C=O) groups is 3. The van der Waals surface area contributed by atoms with Gasteiger partial charge in [-0.2, -0.15) is 4.72 Å². The van der Waals surface area contributed by atoms with Crippen LogP contribution in [0.3, 0.4) is 0 Å². The van der Waals surface area contributed by atoms with E-state index in [0.717, 1.165) is 12.8 Å². The number of benzene rings is 2. The summed E-state index contributed by atoms with van der Waals surface area (Å²) in [5.74, 6) is -1.51. The average Bonchev–Trinajstić information content (AvgIpc) is 2.82. The fourth-order valence-corrected chi connectivity index (χ4v) is 3.84. The number of carbonyl (C=O) groups excluding carboxylic acids is 3. The van der Waals surface area contributed by atoms with E-state index >= 15 is 0 Å². The van der Waals surface area contributed by atoms with Crippen molar-refractivity contribution < 1.29 is 37.0 Å². The number of nitrogens with one attached hydrogen (secondary N) is 2. The molecule has 1 unspecified atom stereocenters. The summed E-state index contributed by atoms with van der Waals surface area (Å²) in [6.45, 7) is 3.02. The van der Waals surface area contributed by atoms with Crippen LogP contribution in [0.1, 0.15) is 37.0 Å². The second-order valence-electron chi connectivity index (χ2n) is 7.24. The number of rotatable bonds is 12. The van der Waals surface area contributed by atoms with Crippen molar-refractivity contribution in [2.24, 2.45) is 0 Å². The highest BCUT2D eigenvalue weighted by molar-refractivity contribution is 7.89. The van der Waals surface area contributed by atoms with Gasteiger partial charge < -0.3 is 19.5 Å². The van der Waals surface area contributed by atoms with Crippen LogP contribution in [0.2, 0.25) is 0 Å². The molecule has 0 heterocycles. The van der Waals surface area contributed by atoms with Gasteiger partial charge in [-0.05, 0) is 61.9 Å². The zero-order valence-electron chi connectivity index (χ0n) is 19.2. The molecule has 0 aliphatic heterocycles. The molecule has 0 aliphatic rings. The van der Waals surface area contributed by atoms with Gasteiger partial charge in [0.15, 0.2) is 6.61 Å². The van der Waals surface area contributed by atoms with Gasteiger partial charge in [-0.15, -0.1) is 0 Å². The van der Waals surface area contributed by atoms with Crippen LogP contribution in [0.25, 0.3) is 0 Å². The molecule has 2 N–H and O–H groups in total. The number of unbranched alkanes of at least 4 members (excludes halogenated alkanes) is 1. The molecule has 0 aliphatic carbocycles. The lowest BCUT2D eigenvalue weighted by atomic mass is 10.2. The van der Waals surface area contributed by atoms with E-state index in [1.54, 1.807) is 0 Å². The van der Waals surface area contributed by atoms with Gasteiger partial charge in [0, 0.05) is 5.69 Å². The predicted octanol–water partition coefficient (Wildman–Crippen LogP) is 2.50. The zero-order valence-corrected chi connectivity index (χ0v) is 20.0. The normalized spacial score (nSPS) is 11.9. The first kappa shape index (κ1) is 26.8. The molecule has 0 spiro atoms. The number of esters is 2. The first-order chi connectivity index (χ1) is 16.2. The third-order valence-electron chi connectivity index (χ3n) is 4.54. The lowest BCUT2D eigenvalue weighted by Gasteiger charge is -2.14. The summed E-state index contributed by atoms with van der Waals surface area (Å²) in [4.78, 5) is 36.0. The number of anilines is 1. The van der Waals surface area contributed by atoms with E-state index in [-0.39, 0.29) is 4.90 Å². The van der Waals surface area contributed by atoms with Crippen molar-refractivity contribution in [1.29, 1.82) is 0 Å².